The van der Waals surface area contributed by atoms with Crippen LogP contribution in [-0.4, -0.2) is 58.5 Å². The van der Waals surface area contributed by atoms with Crippen molar-refractivity contribution in [3.8, 4) is 5.88 Å². The maximum Gasteiger partial charge on any atom is 0.213 e. The number of sulfone groups is 1. The van der Waals surface area contributed by atoms with E-state index in [4.69, 9.17) is 14.2 Å². The van der Waals surface area contributed by atoms with E-state index >= 15 is 0 Å². The van der Waals surface area contributed by atoms with Crippen LogP contribution >= 0.6 is 0 Å². The van der Waals surface area contributed by atoms with Gasteiger partial charge in [0.1, 0.15) is 6.61 Å². The molecule has 0 N–H and O–H groups in total. The van der Waals surface area contributed by atoms with Crippen LogP contribution in [0.1, 0.15) is 15.9 Å². The van der Waals surface area contributed by atoms with E-state index in [1.165, 1.54) is 6.20 Å². The summed E-state index contributed by atoms with van der Waals surface area (Å²) in [6.45, 7) is 3.33. The Labute approximate surface area is 159 Å². The summed E-state index contributed by atoms with van der Waals surface area (Å²) < 4.78 is 40.3. The Bertz CT molecular complexity index is 803. The summed E-state index contributed by atoms with van der Waals surface area (Å²) >= 11 is 0. The predicted octanol–water partition coefficient (Wildman–Crippen LogP) is 2.09. The first-order valence-electron chi connectivity index (χ1n) is 8.50. The third-order valence-electron chi connectivity index (χ3n) is 3.62. The number of aryl methyl sites for hydroxylation is 1. The highest BCUT2D eigenvalue weighted by Gasteiger charge is 2.13. The summed E-state index contributed by atoms with van der Waals surface area (Å²) in [4.78, 5) is 14.8. The smallest absolute Gasteiger partial charge is 0.213 e. The zero-order chi connectivity index (χ0) is 19.5. The molecule has 0 radical (unpaired) electrons. The first kappa shape index (κ1) is 21.0. The fraction of sp³-hybridized carbons (Fsp3) is 0.368. The van der Waals surface area contributed by atoms with Crippen LogP contribution in [0.25, 0.3) is 0 Å². The topological polar surface area (TPSA) is 91.8 Å². The summed E-state index contributed by atoms with van der Waals surface area (Å²) in [5, 5.41) is 0. The number of carbonyl (C=O) groups is 1. The van der Waals surface area contributed by atoms with Gasteiger partial charge in [-0.2, -0.15) is 0 Å². The van der Waals surface area contributed by atoms with Crippen LogP contribution in [0, 0.1) is 6.92 Å². The highest BCUT2D eigenvalue weighted by molar-refractivity contribution is 7.91. The minimum Gasteiger partial charge on any atom is -0.475 e. The van der Waals surface area contributed by atoms with E-state index in [0.717, 1.165) is 5.56 Å². The molecule has 2 aromatic rings. The highest BCUT2D eigenvalue weighted by atomic mass is 32.2. The van der Waals surface area contributed by atoms with Crippen molar-refractivity contribution in [1.29, 1.82) is 0 Å². The third-order valence-corrected chi connectivity index (χ3v) is 5.32. The molecule has 0 atom stereocenters. The number of carbonyl (C=O) groups excluding carboxylic acids is 1. The zero-order valence-electron chi connectivity index (χ0n) is 15.2. The van der Waals surface area contributed by atoms with Gasteiger partial charge >= 0.3 is 0 Å². The average Bonchev–Trinajstić information content (AvgIpc) is 2.67. The quantitative estimate of drug-likeness (QED) is 0.403. The number of hydrogen-bond acceptors (Lipinski definition) is 7. The summed E-state index contributed by atoms with van der Waals surface area (Å²) in [6, 6.07) is 9.99. The van der Waals surface area contributed by atoms with E-state index < -0.39 is 9.84 Å². The highest BCUT2D eigenvalue weighted by Crippen LogP contribution is 2.12. The molecule has 1 aromatic carbocycles. The molecule has 0 aliphatic carbocycles. The normalized spacial score (nSPS) is 11.3. The van der Waals surface area contributed by atoms with E-state index in [9.17, 15) is 13.2 Å². The van der Waals surface area contributed by atoms with Gasteiger partial charge in [0.05, 0.1) is 37.1 Å². The molecule has 0 amide bonds. The lowest BCUT2D eigenvalue weighted by atomic mass is 10.2. The number of nitrogens with zero attached hydrogens (tertiary/aromatic N) is 1. The number of aldehydes is 1. The Morgan fingerprint density at radius 3 is 2.22 bits per heavy atom. The molecule has 8 heteroatoms. The van der Waals surface area contributed by atoms with Gasteiger partial charge in [-0.3, -0.25) is 4.79 Å². The Kier molecular flexibility index (Phi) is 8.38. The number of aromatic nitrogens is 1. The number of benzene rings is 1. The van der Waals surface area contributed by atoms with Crippen molar-refractivity contribution >= 4 is 16.1 Å². The molecule has 27 heavy (non-hydrogen) atoms. The van der Waals surface area contributed by atoms with Crippen molar-refractivity contribution in [2.24, 2.45) is 0 Å². The number of rotatable bonds is 12. The standard InChI is InChI=1S/C19H23NO6S/c1-16-2-5-18(6-3-16)27(22,23)13-12-25-9-8-24-10-11-26-19-7-4-17(15-21)14-20-19/h2-7,14-15H,8-13H2,1H3. The van der Waals surface area contributed by atoms with Gasteiger partial charge < -0.3 is 14.2 Å². The second-order valence-corrected chi connectivity index (χ2v) is 7.86. The third kappa shape index (κ3) is 7.46. The molecule has 0 fully saturated rings. The molecule has 7 nitrogen and oxygen atoms in total. The second kappa shape index (κ2) is 10.8. The first-order valence-corrected chi connectivity index (χ1v) is 10.2. The summed E-state index contributed by atoms with van der Waals surface area (Å²) in [7, 11) is -3.33. The molecule has 1 heterocycles. The van der Waals surface area contributed by atoms with Gasteiger partial charge in [0, 0.05) is 17.8 Å². The Morgan fingerprint density at radius 2 is 1.59 bits per heavy atom. The molecule has 0 unspecified atom stereocenters. The minimum atomic E-state index is -3.33. The Hall–Kier alpha value is -2.29. The monoisotopic (exact) mass is 393 g/mol. The fourth-order valence-corrected chi connectivity index (χ4v) is 3.23. The number of hydrogen-bond donors (Lipinski definition) is 0. The Morgan fingerprint density at radius 1 is 0.926 bits per heavy atom. The van der Waals surface area contributed by atoms with Crippen LogP contribution in [0.3, 0.4) is 0 Å². The van der Waals surface area contributed by atoms with Crippen LogP contribution < -0.4 is 4.74 Å². The molecule has 2 rings (SSSR count). The average molecular weight is 393 g/mol. The predicted molar refractivity (Wildman–Crippen MR) is 100.0 cm³/mol. The van der Waals surface area contributed by atoms with Gasteiger partial charge in [-0.15, -0.1) is 0 Å². The van der Waals surface area contributed by atoms with Crippen molar-refractivity contribution in [3.63, 3.8) is 0 Å². The summed E-state index contributed by atoms with van der Waals surface area (Å²) in [5.74, 6) is 0.350. The SMILES string of the molecule is Cc1ccc(S(=O)(=O)CCOCCOCCOc2ccc(C=O)cn2)cc1. The van der Waals surface area contributed by atoms with Gasteiger partial charge in [0.2, 0.25) is 5.88 Å². The van der Waals surface area contributed by atoms with Crippen molar-refractivity contribution < 1.29 is 27.4 Å². The van der Waals surface area contributed by atoms with Crippen molar-refractivity contribution in [2.75, 3.05) is 38.8 Å². The van der Waals surface area contributed by atoms with E-state index in [1.807, 2.05) is 6.92 Å². The van der Waals surface area contributed by atoms with Gasteiger partial charge in [-0.25, -0.2) is 13.4 Å². The molecule has 0 saturated heterocycles. The van der Waals surface area contributed by atoms with Crippen LogP contribution in [-0.2, 0) is 19.3 Å². The van der Waals surface area contributed by atoms with E-state index in [2.05, 4.69) is 4.98 Å². The van der Waals surface area contributed by atoms with E-state index in [-0.39, 0.29) is 12.4 Å². The molecular formula is C19H23NO6S. The molecule has 0 saturated carbocycles. The maximum atomic E-state index is 12.1. The molecular weight excluding hydrogens is 370 g/mol. The molecule has 1 aromatic heterocycles. The maximum absolute atomic E-state index is 12.1. The van der Waals surface area contributed by atoms with Crippen molar-refractivity contribution in [3.05, 3.63) is 53.7 Å². The lowest BCUT2D eigenvalue weighted by Gasteiger charge is -2.08. The second-order valence-electron chi connectivity index (χ2n) is 5.75. The van der Waals surface area contributed by atoms with E-state index in [1.54, 1.807) is 36.4 Å². The fourth-order valence-electron chi connectivity index (χ4n) is 2.11. The van der Waals surface area contributed by atoms with Gasteiger partial charge in [-0.05, 0) is 25.1 Å². The van der Waals surface area contributed by atoms with Crippen LogP contribution in [0.2, 0.25) is 0 Å². The number of pyridine rings is 1. The zero-order valence-corrected chi connectivity index (χ0v) is 16.0. The largest absolute Gasteiger partial charge is 0.475 e. The lowest BCUT2D eigenvalue weighted by molar-refractivity contribution is 0.0404. The molecule has 0 bridgehead atoms. The first-order chi connectivity index (χ1) is 13.0. The van der Waals surface area contributed by atoms with Crippen LogP contribution in [0.15, 0.2) is 47.5 Å². The molecule has 0 aliphatic heterocycles. The molecule has 0 aliphatic rings. The van der Waals surface area contributed by atoms with Gasteiger partial charge in [-0.1, -0.05) is 17.7 Å². The van der Waals surface area contributed by atoms with Gasteiger partial charge in [0.25, 0.3) is 0 Å². The summed E-state index contributed by atoms with van der Waals surface area (Å²) in [6.07, 6.45) is 2.15. The van der Waals surface area contributed by atoms with E-state index in [0.29, 0.717) is 49.1 Å². The number of ether oxygens (including phenoxy) is 3. The Balaban J connectivity index is 1.53. The van der Waals surface area contributed by atoms with Crippen LogP contribution in [0.4, 0.5) is 0 Å². The van der Waals surface area contributed by atoms with Crippen molar-refractivity contribution in [1.82, 2.24) is 4.98 Å². The van der Waals surface area contributed by atoms with Gasteiger partial charge in [0.15, 0.2) is 16.1 Å². The molecule has 0 spiro atoms. The molecule has 146 valence electrons. The lowest BCUT2D eigenvalue weighted by Crippen LogP contribution is -2.15. The van der Waals surface area contributed by atoms with Crippen molar-refractivity contribution in [2.45, 2.75) is 11.8 Å². The summed E-state index contributed by atoms with van der Waals surface area (Å²) in [5.41, 5.74) is 1.50. The van der Waals surface area contributed by atoms with Crippen LogP contribution in [0.5, 0.6) is 5.88 Å². The minimum absolute atomic E-state index is 0.0678.